The third-order valence-corrected chi connectivity index (χ3v) is 7.53. The summed E-state index contributed by atoms with van der Waals surface area (Å²) in [4.78, 5) is 1.29. The van der Waals surface area contributed by atoms with Gasteiger partial charge in [0.25, 0.3) is 0 Å². The van der Waals surface area contributed by atoms with Crippen LogP contribution in [0.1, 0.15) is 22.3 Å². The summed E-state index contributed by atoms with van der Waals surface area (Å²) >= 11 is 8.68. The predicted molar refractivity (Wildman–Crippen MR) is 124 cm³/mol. The van der Waals surface area contributed by atoms with Gasteiger partial charge in [-0.25, -0.2) is 0 Å². The van der Waals surface area contributed by atoms with Crippen molar-refractivity contribution in [2.75, 3.05) is 0 Å². The molecule has 5 aromatic rings. The molecule has 0 spiro atoms. The van der Waals surface area contributed by atoms with E-state index < -0.39 is 0 Å². The Kier molecular flexibility index (Phi) is 3.71. The fourth-order valence-electron chi connectivity index (χ4n) is 4.94. The van der Waals surface area contributed by atoms with Gasteiger partial charge in [0.15, 0.2) is 0 Å². The second-order valence-electron chi connectivity index (χ2n) is 7.45. The zero-order valence-electron chi connectivity index (χ0n) is 15.6. The SMILES string of the molecule is Clc1cccc2c1-c1sc3ccccc3c1C2(c1ccccc1)c1ccccc1. The first-order chi connectivity index (χ1) is 14.3. The van der Waals surface area contributed by atoms with Gasteiger partial charge in [-0.2, -0.15) is 0 Å². The Morgan fingerprint density at radius 2 is 1.24 bits per heavy atom. The van der Waals surface area contributed by atoms with E-state index in [1.165, 1.54) is 42.8 Å². The lowest BCUT2D eigenvalue weighted by Gasteiger charge is -2.33. The highest BCUT2D eigenvalue weighted by Gasteiger charge is 2.48. The van der Waals surface area contributed by atoms with Crippen molar-refractivity contribution in [3.8, 4) is 10.4 Å². The summed E-state index contributed by atoms with van der Waals surface area (Å²) in [5.41, 5.74) is 5.98. The summed E-state index contributed by atoms with van der Waals surface area (Å²) in [6.45, 7) is 0. The normalized spacial score (nSPS) is 14.0. The van der Waals surface area contributed by atoms with E-state index in [1.54, 1.807) is 0 Å². The maximum absolute atomic E-state index is 6.83. The van der Waals surface area contributed by atoms with Crippen LogP contribution in [0.25, 0.3) is 20.5 Å². The lowest BCUT2D eigenvalue weighted by molar-refractivity contribution is 0.776. The third-order valence-electron chi connectivity index (χ3n) is 6.03. The van der Waals surface area contributed by atoms with Crippen LogP contribution < -0.4 is 0 Å². The molecule has 0 bridgehead atoms. The van der Waals surface area contributed by atoms with Crippen LogP contribution in [0.15, 0.2) is 103 Å². The minimum Gasteiger partial charge on any atom is -0.135 e. The van der Waals surface area contributed by atoms with Gasteiger partial charge in [0.2, 0.25) is 0 Å². The van der Waals surface area contributed by atoms with E-state index in [0.717, 1.165) is 5.02 Å². The molecule has 1 aromatic heterocycles. The quantitative estimate of drug-likeness (QED) is 0.273. The van der Waals surface area contributed by atoms with Gasteiger partial charge >= 0.3 is 0 Å². The van der Waals surface area contributed by atoms with Gasteiger partial charge in [0.05, 0.1) is 5.41 Å². The molecular formula is C27H17ClS. The molecule has 29 heavy (non-hydrogen) atoms. The molecule has 4 aromatic carbocycles. The van der Waals surface area contributed by atoms with Gasteiger partial charge in [0, 0.05) is 20.2 Å². The molecule has 2 heteroatoms. The number of rotatable bonds is 2. The van der Waals surface area contributed by atoms with Crippen molar-refractivity contribution in [1.29, 1.82) is 0 Å². The highest BCUT2D eigenvalue weighted by Crippen LogP contribution is 2.62. The van der Waals surface area contributed by atoms with Crippen molar-refractivity contribution in [2.45, 2.75) is 5.41 Å². The Bertz CT molecular complexity index is 1310. The van der Waals surface area contributed by atoms with Crippen LogP contribution in [0.4, 0.5) is 0 Å². The molecule has 0 N–H and O–H groups in total. The first-order valence-corrected chi connectivity index (χ1v) is 10.9. The maximum atomic E-state index is 6.83. The smallest absolute Gasteiger partial charge is 0.0728 e. The van der Waals surface area contributed by atoms with E-state index in [0.29, 0.717) is 0 Å². The fraction of sp³-hybridized carbons (Fsp3) is 0.0370. The summed E-state index contributed by atoms with van der Waals surface area (Å²) in [6, 6.07) is 36.8. The average Bonchev–Trinajstić information content (AvgIpc) is 3.29. The maximum Gasteiger partial charge on any atom is 0.0728 e. The number of hydrogen-bond donors (Lipinski definition) is 0. The third kappa shape index (κ3) is 2.20. The molecule has 0 aliphatic heterocycles. The van der Waals surface area contributed by atoms with Crippen LogP contribution in [0.2, 0.25) is 5.02 Å². The van der Waals surface area contributed by atoms with Crippen molar-refractivity contribution < 1.29 is 0 Å². The minimum atomic E-state index is -0.377. The van der Waals surface area contributed by atoms with Crippen LogP contribution in [0.3, 0.4) is 0 Å². The highest BCUT2D eigenvalue weighted by atomic mass is 35.5. The first kappa shape index (κ1) is 17.0. The molecule has 1 heterocycles. The molecule has 0 unspecified atom stereocenters. The standard InChI is InChI=1S/C27H17ClS/c28-22-16-9-15-21-24(22)26-25(20-14-7-8-17-23(20)29-26)27(21,18-10-3-1-4-11-18)19-12-5-2-6-13-19/h1-17H. The molecule has 0 saturated carbocycles. The predicted octanol–water partition coefficient (Wildman–Crippen LogP) is 7.92. The first-order valence-electron chi connectivity index (χ1n) is 9.74. The van der Waals surface area contributed by atoms with Crippen LogP contribution in [0.5, 0.6) is 0 Å². The van der Waals surface area contributed by atoms with E-state index in [-0.39, 0.29) is 5.41 Å². The monoisotopic (exact) mass is 408 g/mol. The van der Waals surface area contributed by atoms with Crippen molar-refractivity contribution in [3.63, 3.8) is 0 Å². The summed E-state index contributed by atoms with van der Waals surface area (Å²) in [7, 11) is 0. The summed E-state index contributed by atoms with van der Waals surface area (Å²) in [6.07, 6.45) is 0. The van der Waals surface area contributed by atoms with Crippen molar-refractivity contribution >= 4 is 33.0 Å². The summed E-state index contributed by atoms with van der Waals surface area (Å²) in [5.74, 6) is 0. The van der Waals surface area contributed by atoms with Crippen LogP contribution >= 0.6 is 22.9 Å². The van der Waals surface area contributed by atoms with Gasteiger partial charge < -0.3 is 0 Å². The number of fused-ring (bicyclic) bond motifs is 5. The zero-order valence-corrected chi connectivity index (χ0v) is 17.2. The molecule has 0 saturated heterocycles. The highest BCUT2D eigenvalue weighted by molar-refractivity contribution is 7.22. The van der Waals surface area contributed by atoms with Crippen LogP contribution in [-0.2, 0) is 5.41 Å². The second-order valence-corrected chi connectivity index (χ2v) is 8.91. The van der Waals surface area contributed by atoms with Crippen molar-refractivity contribution in [3.05, 3.63) is 130 Å². The molecule has 1 aliphatic rings. The van der Waals surface area contributed by atoms with Gasteiger partial charge in [0.1, 0.15) is 0 Å². The minimum absolute atomic E-state index is 0.377. The molecular weight excluding hydrogens is 392 g/mol. The molecule has 0 nitrogen and oxygen atoms in total. The van der Waals surface area contributed by atoms with E-state index in [2.05, 4.69) is 97.1 Å². The molecule has 138 valence electrons. The Morgan fingerprint density at radius 1 is 0.621 bits per heavy atom. The van der Waals surface area contributed by atoms with Gasteiger partial charge in [-0.3, -0.25) is 0 Å². The molecule has 0 radical (unpaired) electrons. The zero-order chi connectivity index (χ0) is 19.4. The van der Waals surface area contributed by atoms with Gasteiger partial charge in [-0.15, -0.1) is 11.3 Å². The topological polar surface area (TPSA) is 0 Å². The van der Waals surface area contributed by atoms with Gasteiger partial charge in [-0.1, -0.05) is 103 Å². The van der Waals surface area contributed by atoms with E-state index in [4.69, 9.17) is 11.6 Å². The average molecular weight is 409 g/mol. The lowest BCUT2D eigenvalue weighted by atomic mass is 9.67. The van der Waals surface area contributed by atoms with Crippen molar-refractivity contribution in [1.82, 2.24) is 0 Å². The lowest BCUT2D eigenvalue weighted by Crippen LogP contribution is -2.28. The van der Waals surface area contributed by atoms with Crippen LogP contribution in [-0.4, -0.2) is 0 Å². The number of hydrogen-bond acceptors (Lipinski definition) is 1. The van der Waals surface area contributed by atoms with Crippen LogP contribution in [0, 0.1) is 0 Å². The Labute approximate surface area is 179 Å². The van der Waals surface area contributed by atoms with E-state index in [9.17, 15) is 0 Å². The Morgan fingerprint density at radius 3 is 1.93 bits per heavy atom. The largest absolute Gasteiger partial charge is 0.135 e. The Hall–Kier alpha value is -2.87. The number of benzene rings is 4. The number of halogens is 1. The van der Waals surface area contributed by atoms with E-state index in [1.807, 2.05) is 17.4 Å². The fourth-order valence-corrected chi connectivity index (χ4v) is 6.60. The molecule has 0 amide bonds. The molecule has 0 fully saturated rings. The molecule has 6 rings (SSSR count). The van der Waals surface area contributed by atoms with Gasteiger partial charge in [-0.05, 0) is 39.8 Å². The molecule has 0 atom stereocenters. The summed E-state index contributed by atoms with van der Waals surface area (Å²) in [5, 5.41) is 2.14. The Balaban J connectivity index is 1.89. The molecule has 1 aliphatic carbocycles. The summed E-state index contributed by atoms with van der Waals surface area (Å²) < 4.78 is 1.30. The van der Waals surface area contributed by atoms with E-state index >= 15 is 0 Å². The van der Waals surface area contributed by atoms with Crippen molar-refractivity contribution in [2.24, 2.45) is 0 Å². The number of thiophene rings is 1. The second kappa shape index (κ2) is 6.32.